The number of amides is 2. The number of pyridine rings is 1. The van der Waals surface area contributed by atoms with Crippen molar-refractivity contribution in [1.82, 2.24) is 4.98 Å². The van der Waals surface area contributed by atoms with E-state index in [4.69, 9.17) is 10.5 Å². The summed E-state index contributed by atoms with van der Waals surface area (Å²) in [7, 11) is 0. The van der Waals surface area contributed by atoms with Crippen LogP contribution in [-0.4, -0.2) is 39.8 Å². The average molecular weight is 459 g/mol. The molecule has 0 spiro atoms. The van der Waals surface area contributed by atoms with E-state index in [0.717, 1.165) is 32.2 Å². The van der Waals surface area contributed by atoms with Crippen molar-refractivity contribution in [2.45, 2.75) is 37.6 Å². The zero-order valence-electron chi connectivity index (χ0n) is 16.7. The Hall–Kier alpha value is -3.28. The number of aromatic hydroxyl groups is 1. The number of nitrogens with one attached hydrogen (secondary N) is 1. The van der Waals surface area contributed by atoms with E-state index in [-0.39, 0.29) is 11.4 Å². The van der Waals surface area contributed by atoms with Gasteiger partial charge in [0, 0.05) is 29.3 Å². The van der Waals surface area contributed by atoms with Gasteiger partial charge in [0.05, 0.1) is 0 Å². The van der Waals surface area contributed by atoms with Crippen molar-refractivity contribution in [3.8, 4) is 5.75 Å². The van der Waals surface area contributed by atoms with Crippen LogP contribution in [0.2, 0.25) is 0 Å². The Morgan fingerprint density at radius 2 is 1.91 bits per heavy atom. The molecule has 1 fully saturated rings. The molecule has 7 nitrogen and oxygen atoms in total. The van der Waals surface area contributed by atoms with Gasteiger partial charge in [-0.2, -0.15) is 17.6 Å². The van der Waals surface area contributed by atoms with Gasteiger partial charge in [-0.3, -0.25) is 14.6 Å². The summed E-state index contributed by atoms with van der Waals surface area (Å²) in [6.07, 6.45) is -5.63. The first-order valence-corrected chi connectivity index (χ1v) is 9.26. The molecule has 1 aliphatic rings. The molecule has 0 unspecified atom stereocenters. The lowest BCUT2D eigenvalue weighted by molar-refractivity contribution is -0.272. The largest absolute Gasteiger partial charge is 0.505 e. The molecule has 1 aliphatic heterocycles. The number of carbonyl (C=O) groups is 2. The van der Waals surface area contributed by atoms with Gasteiger partial charge >= 0.3 is 6.18 Å². The predicted octanol–water partition coefficient (Wildman–Crippen LogP) is 3.24. The van der Waals surface area contributed by atoms with E-state index in [1.807, 2.05) is 0 Å². The van der Waals surface area contributed by atoms with Crippen molar-refractivity contribution < 1.29 is 41.4 Å². The third-order valence-corrected chi connectivity index (χ3v) is 5.67. The number of benzene rings is 1. The smallest absolute Gasteiger partial charge is 0.417 e. The van der Waals surface area contributed by atoms with Crippen LogP contribution in [0.25, 0.3) is 0 Å². The number of hydrogen-bond donors (Lipinski definition) is 3. The Kier molecular flexibility index (Phi) is 5.85. The number of aromatic nitrogens is 1. The number of phenolic OH excluding ortho intramolecular Hbond substituents is 1. The Balaban J connectivity index is 2.05. The summed E-state index contributed by atoms with van der Waals surface area (Å²) < 4.78 is 74.0. The average Bonchev–Trinajstić information content (AvgIpc) is 2.99. The SMILES string of the molecule is C[C@@H]1[C@@H](c2ccc(F)c(F)c2O)[C@@H](C(=O)Nc2ccnc(C(N)=O)c2)O[C@@]1(C)C(F)(F)F. The number of rotatable bonds is 4. The Morgan fingerprint density at radius 3 is 2.50 bits per heavy atom. The van der Waals surface area contributed by atoms with Crippen LogP contribution in [0.3, 0.4) is 0 Å². The third-order valence-electron chi connectivity index (χ3n) is 5.67. The van der Waals surface area contributed by atoms with E-state index in [2.05, 4.69) is 10.3 Å². The Bertz CT molecular complexity index is 1080. The van der Waals surface area contributed by atoms with Crippen LogP contribution in [0.15, 0.2) is 30.5 Å². The second kappa shape index (κ2) is 8.01. The number of alkyl halides is 3. The van der Waals surface area contributed by atoms with Crippen molar-refractivity contribution in [1.29, 1.82) is 0 Å². The minimum absolute atomic E-state index is 0.0103. The molecule has 0 bridgehead atoms. The molecule has 1 aromatic carbocycles. The number of phenols is 1. The molecule has 1 aromatic heterocycles. The molecule has 0 radical (unpaired) electrons. The normalized spacial score (nSPS) is 25.5. The van der Waals surface area contributed by atoms with Gasteiger partial charge in [-0.05, 0) is 25.1 Å². The molecule has 1 saturated heterocycles. The summed E-state index contributed by atoms with van der Waals surface area (Å²) in [6.45, 7) is 1.86. The first-order valence-electron chi connectivity index (χ1n) is 9.26. The number of anilines is 1. The number of nitrogens with zero attached hydrogens (tertiary/aromatic N) is 1. The highest BCUT2D eigenvalue weighted by Crippen LogP contribution is 2.54. The quantitative estimate of drug-likeness (QED) is 0.608. The minimum atomic E-state index is -4.93. The van der Waals surface area contributed by atoms with E-state index in [1.54, 1.807) is 0 Å². The van der Waals surface area contributed by atoms with Crippen LogP contribution in [-0.2, 0) is 9.53 Å². The molecule has 0 saturated carbocycles. The molecule has 12 heteroatoms. The zero-order chi connectivity index (χ0) is 24.0. The zero-order valence-corrected chi connectivity index (χ0v) is 16.7. The molecule has 2 amide bonds. The van der Waals surface area contributed by atoms with Crippen LogP contribution in [0.5, 0.6) is 5.75 Å². The maximum Gasteiger partial charge on any atom is 0.417 e. The summed E-state index contributed by atoms with van der Waals surface area (Å²) in [5, 5.41) is 12.4. The van der Waals surface area contributed by atoms with E-state index in [1.165, 1.54) is 6.07 Å². The monoisotopic (exact) mass is 459 g/mol. The molecule has 2 heterocycles. The van der Waals surface area contributed by atoms with Crippen LogP contribution in [0.1, 0.15) is 35.8 Å². The van der Waals surface area contributed by atoms with E-state index < -0.39 is 64.5 Å². The van der Waals surface area contributed by atoms with Crippen LogP contribution in [0.4, 0.5) is 27.6 Å². The first kappa shape index (κ1) is 23.4. The second-order valence-electron chi connectivity index (χ2n) is 7.54. The number of carbonyl (C=O) groups excluding carboxylic acids is 2. The molecular weight excluding hydrogens is 441 g/mol. The second-order valence-corrected chi connectivity index (χ2v) is 7.54. The summed E-state index contributed by atoms with van der Waals surface area (Å²) in [5.74, 6) is -9.22. The standard InChI is InChI=1S/C20H18F5N3O4/c1-8-13(10-3-4-11(21)14(22)15(10)29)16(32-19(8,2)20(23,24)25)18(31)28-9-5-6-27-12(7-9)17(26)30/h3-8,13,16,29H,1-2H3,(H2,26,30)(H,27,28,31)/t8-,13+,16+,19-/m1/s1. The first-order chi connectivity index (χ1) is 14.8. The maximum atomic E-state index is 14.0. The van der Waals surface area contributed by atoms with Gasteiger partial charge in [0.1, 0.15) is 11.8 Å². The van der Waals surface area contributed by atoms with Gasteiger partial charge in [0.25, 0.3) is 11.8 Å². The molecule has 4 N–H and O–H groups in total. The van der Waals surface area contributed by atoms with Crippen molar-refractivity contribution in [2.24, 2.45) is 11.7 Å². The van der Waals surface area contributed by atoms with Gasteiger partial charge < -0.3 is 20.9 Å². The molecule has 2 aromatic rings. The van der Waals surface area contributed by atoms with Gasteiger partial charge in [0.2, 0.25) is 5.82 Å². The fraction of sp³-hybridized carbons (Fsp3) is 0.350. The molecule has 0 aliphatic carbocycles. The van der Waals surface area contributed by atoms with Crippen molar-refractivity contribution in [3.05, 3.63) is 53.4 Å². The lowest BCUT2D eigenvalue weighted by Crippen LogP contribution is -2.47. The number of primary amides is 1. The summed E-state index contributed by atoms with van der Waals surface area (Å²) in [4.78, 5) is 27.9. The molecule has 4 atom stereocenters. The van der Waals surface area contributed by atoms with E-state index in [9.17, 15) is 36.6 Å². The Labute approximate surface area is 178 Å². The lowest BCUT2D eigenvalue weighted by atomic mass is 9.77. The molecule has 32 heavy (non-hydrogen) atoms. The van der Waals surface area contributed by atoms with Crippen molar-refractivity contribution in [2.75, 3.05) is 5.32 Å². The summed E-state index contributed by atoms with van der Waals surface area (Å²) in [5.41, 5.74) is 1.64. The van der Waals surface area contributed by atoms with Gasteiger partial charge in [-0.1, -0.05) is 13.0 Å². The van der Waals surface area contributed by atoms with Crippen molar-refractivity contribution in [3.63, 3.8) is 0 Å². The topological polar surface area (TPSA) is 115 Å². The highest BCUT2D eigenvalue weighted by molar-refractivity contribution is 5.97. The molecule has 172 valence electrons. The van der Waals surface area contributed by atoms with Crippen LogP contribution >= 0.6 is 0 Å². The van der Waals surface area contributed by atoms with Crippen LogP contribution in [0, 0.1) is 17.6 Å². The van der Waals surface area contributed by atoms with Crippen LogP contribution < -0.4 is 11.1 Å². The van der Waals surface area contributed by atoms with Gasteiger partial charge in [0.15, 0.2) is 17.2 Å². The van der Waals surface area contributed by atoms with Gasteiger partial charge in [-0.25, -0.2) is 4.39 Å². The fourth-order valence-electron chi connectivity index (χ4n) is 3.70. The van der Waals surface area contributed by atoms with Crippen molar-refractivity contribution >= 4 is 17.5 Å². The Morgan fingerprint density at radius 1 is 1.25 bits per heavy atom. The molecular formula is C20H18F5N3O4. The number of ether oxygens (including phenoxy) is 1. The maximum absolute atomic E-state index is 14.0. The predicted molar refractivity (Wildman–Crippen MR) is 101 cm³/mol. The van der Waals surface area contributed by atoms with E-state index >= 15 is 0 Å². The fourth-order valence-corrected chi connectivity index (χ4v) is 3.70. The summed E-state index contributed by atoms with van der Waals surface area (Å²) in [6, 6.07) is 3.90. The van der Waals surface area contributed by atoms with Gasteiger partial charge in [-0.15, -0.1) is 0 Å². The third kappa shape index (κ3) is 3.85. The van der Waals surface area contributed by atoms with E-state index in [0.29, 0.717) is 6.07 Å². The highest BCUT2D eigenvalue weighted by atomic mass is 19.4. The lowest BCUT2D eigenvalue weighted by Gasteiger charge is -2.31. The molecule has 3 rings (SSSR count). The number of hydrogen-bond acceptors (Lipinski definition) is 5. The number of halogens is 5. The number of nitrogens with two attached hydrogens (primary N) is 1. The minimum Gasteiger partial charge on any atom is -0.505 e. The highest BCUT2D eigenvalue weighted by Gasteiger charge is 2.65. The summed E-state index contributed by atoms with van der Waals surface area (Å²) >= 11 is 0.